The molecule has 0 aromatic carbocycles. The number of rotatable bonds is 7. The van der Waals surface area contributed by atoms with Gasteiger partial charge in [-0.15, -0.1) is 0 Å². The Hall–Kier alpha value is -2.88. The van der Waals surface area contributed by atoms with E-state index >= 15 is 0 Å². The van der Waals surface area contributed by atoms with Crippen LogP contribution in [0.2, 0.25) is 5.02 Å². The summed E-state index contributed by atoms with van der Waals surface area (Å²) < 4.78 is 43.4. The van der Waals surface area contributed by atoms with E-state index in [4.69, 9.17) is 16.3 Å². The van der Waals surface area contributed by atoms with E-state index in [-0.39, 0.29) is 40.7 Å². The molecule has 30 heavy (non-hydrogen) atoms. The van der Waals surface area contributed by atoms with E-state index in [1.165, 1.54) is 18.3 Å². The van der Waals surface area contributed by atoms with Crippen LogP contribution in [0.5, 0.6) is 5.88 Å². The van der Waals surface area contributed by atoms with Gasteiger partial charge >= 0.3 is 6.18 Å². The van der Waals surface area contributed by atoms with Gasteiger partial charge in [0.05, 0.1) is 12.1 Å². The average molecular weight is 443 g/mol. The zero-order valence-corrected chi connectivity index (χ0v) is 16.5. The molecular weight excluding hydrogens is 425 g/mol. The molecule has 0 aliphatic heterocycles. The van der Waals surface area contributed by atoms with Crippen molar-refractivity contribution >= 4 is 29.2 Å². The molecule has 0 spiro atoms. The Bertz CT molecular complexity index is 951. The van der Waals surface area contributed by atoms with Gasteiger partial charge in [0.1, 0.15) is 16.9 Å². The molecule has 2 aromatic heterocycles. The molecule has 11 heteroatoms. The van der Waals surface area contributed by atoms with Crippen molar-refractivity contribution in [3.63, 3.8) is 0 Å². The predicted octanol–water partition coefficient (Wildman–Crippen LogP) is 3.69. The minimum atomic E-state index is -4.56. The molecule has 160 valence electrons. The predicted molar refractivity (Wildman–Crippen MR) is 102 cm³/mol. The molecule has 1 aliphatic rings. The summed E-state index contributed by atoms with van der Waals surface area (Å²) in [6.07, 6.45) is -1.45. The lowest BCUT2D eigenvalue weighted by molar-refractivity contribution is -0.137. The Balaban J connectivity index is 1.54. The molecule has 2 heterocycles. The highest BCUT2D eigenvalue weighted by Crippen LogP contribution is 2.33. The molecule has 0 unspecified atom stereocenters. The van der Waals surface area contributed by atoms with Crippen LogP contribution in [0.4, 0.5) is 19.0 Å². The highest BCUT2D eigenvalue weighted by atomic mass is 35.5. The zero-order chi connectivity index (χ0) is 21.9. The first-order valence-electron chi connectivity index (χ1n) is 9.08. The topological polar surface area (TPSA) is 93.2 Å². The number of nitrogens with zero attached hydrogens (tertiary/aromatic N) is 2. The van der Waals surface area contributed by atoms with Crippen LogP contribution in [-0.4, -0.2) is 34.4 Å². The number of anilines is 1. The molecule has 2 aromatic rings. The van der Waals surface area contributed by atoms with Crippen LogP contribution in [0.3, 0.4) is 0 Å². The molecule has 2 N–H and O–H groups in total. The number of hydrogen-bond donors (Lipinski definition) is 2. The summed E-state index contributed by atoms with van der Waals surface area (Å²) in [7, 11) is 0. The van der Waals surface area contributed by atoms with Gasteiger partial charge in [0.2, 0.25) is 11.8 Å². The molecule has 3 rings (SSSR count). The molecule has 0 bridgehead atoms. The third-order valence-electron chi connectivity index (χ3n) is 4.22. The number of nitrogens with one attached hydrogen (secondary N) is 2. The number of carbonyl (C=O) groups is 2. The lowest BCUT2D eigenvalue weighted by Crippen LogP contribution is -2.33. The average Bonchev–Trinajstić information content (AvgIpc) is 3.52. The summed E-state index contributed by atoms with van der Waals surface area (Å²) in [5.41, 5.74) is -0.697. The van der Waals surface area contributed by atoms with E-state index in [1.807, 2.05) is 0 Å². The van der Waals surface area contributed by atoms with Crippen molar-refractivity contribution in [2.45, 2.75) is 32.0 Å². The Morgan fingerprint density at radius 3 is 2.67 bits per heavy atom. The van der Waals surface area contributed by atoms with Gasteiger partial charge in [0, 0.05) is 23.9 Å². The summed E-state index contributed by atoms with van der Waals surface area (Å²) in [6, 6.07) is 3.67. The quantitative estimate of drug-likeness (QED) is 0.682. The molecule has 1 atom stereocenters. The van der Waals surface area contributed by atoms with Crippen LogP contribution in [0, 0.1) is 5.92 Å². The van der Waals surface area contributed by atoms with E-state index < -0.39 is 23.8 Å². The summed E-state index contributed by atoms with van der Waals surface area (Å²) >= 11 is 5.81. The van der Waals surface area contributed by atoms with Gasteiger partial charge in [-0.25, -0.2) is 9.97 Å². The van der Waals surface area contributed by atoms with Crippen molar-refractivity contribution in [3.05, 3.63) is 46.7 Å². The monoisotopic (exact) mass is 442 g/mol. The molecule has 1 fully saturated rings. The van der Waals surface area contributed by atoms with Crippen LogP contribution in [-0.2, 0) is 11.0 Å². The van der Waals surface area contributed by atoms with Crippen molar-refractivity contribution in [3.8, 4) is 5.88 Å². The summed E-state index contributed by atoms with van der Waals surface area (Å²) in [6.45, 7) is 1.65. The lowest BCUT2D eigenvalue weighted by atomic mass is 10.2. The Labute approximate surface area is 175 Å². The fourth-order valence-electron chi connectivity index (χ4n) is 2.45. The summed E-state index contributed by atoms with van der Waals surface area (Å²) in [5, 5.41) is 5.01. The number of carbonyl (C=O) groups excluding carboxylic acids is 2. The van der Waals surface area contributed by atoms with Gasteiger partial charge in [-0.05, 0) is 38.0 Å². The largest absolute Gasteiger partial charge is 0.472 e. The highest BCUT2D eigenvalue weighted by molar-refractivity contribution is 6.31. The molecule has 7 nitrogen and oxygen atoms in total. The van der Waals surface area contributed by atoms with Crippen molar-refractivity contribution in [1.82, 2.24) is 15.3 Å². The Morgan fingerprint density at radius 2 is 2.03 bits per heavy atom. The van der Waals surface area contributed by atoms with Gasteiger partial charge in [-0.2, -0.15) is 13.2 Å². The number of pyridine rings is 2. The number of halogens is 4. The number of ether oxygens (including phenoxy) is 1. The van der Waals surface area contributed by atoms with Gasteiger partial charge in [0.15, 0.2) is 0 Å². The molecule has 0 radical (unpaired) electrons. The van der Waals surface area contributed by atoms with Crippen LogP contribution < -0.4 is 15.4 Å². The molecule has 2 amide bonds. The number of aromatic nitrogens is 2. The maximum Gasteiger partial charge on any atom is 0.417 e. The lowest BCUT2D eigenvalue weighted by Gasteiger charge is -2.16. The normalized spacial score (nSPS) is 14.7. The van der Waals surface area contributed by atoms with Crippen LogP contribution in [0.15, 0.2) is 30.6 Å². The van der Waals surface area contributed by atoms with Crippen molar-refractivity contribution in [1.29, 1.82) is 0 Å². The van der Waals surface area contributed by atoms with E-state index in [2.05, 4.69) is 20.6 Å². The number of hydrogen-bond acceptors (Lipinski definition) is 5. The molecule has 1 aliphatic carbocycles. The zero-order valence-electron chi connectivity index (χ0n) is 15.8. The van der Waals surface area contributed by atoms with Crippen molar-refractivity contribution in [2.24, 2.45) is 5.92 Å². The number of alkyl halides is 3. The second-order valence-corrected chi connectivity index (χ2v) is 7.25. The summed E-state index contributed by atoms with van der Waals surface area (Å²) in [4.78, 5) is 31.7. The van der Waals surface area contributed by atoms with Crippen molar-refractivity contribution in [2.75, 3.05) is 11.9 Å². The standard InChI is InChI=1S/C19H18ClF3N4O3/c1-10(30-18-14(20)7-13(9-26-18)19(21,22)23)8-25-16(28)12-4-5-24-15(6-12)27-17(29)11-2-3-11/h4-7,9-11H,2-3,8H2,1H3,(H,25,28)(H,24,27,29)/t10-/m1/s1. The molecular formula is C19H18ClF3N4O3. The maximum atomic E-state index is 12.7. The second-order valence-electron chi connectivity index (χ2n) is 6.84. The Morgan fingerprint density at radius 1 is 1.30 bits per heavy atom. The van der Waals surface area contributed by atoms with Gasteiger partial charge in [-0.1, -0.05) is 11.6 Å². The third kappa shape index (κ3) is 5.82. The van der Waals surface area contributed by atoms with Gasteiger partial charge < -0.3 is 15.4 Å². The van der Waals surface area contributed by atoms with Gasteiger partial charge in [-0.3, -0.25) is 9.59 Å². The second kappa shape index (κ2) is 8.86. The van der Waals surface area contributed by atoms with Crippen LogP contribution in [0.1, 0.15) is 35.7 Å². The van der Waals surface area contributed by atoms with E-state index in [9.17, 15) is 22.8 Å². The van der Waals surface area contributed by atoms with E-state index in [0.717, 1.165) is 18.9 Å². The fourth-order valence-corrected chi connectivity index (χ4v) is 2.66. The molecule has 1 saturated carbocycles. The minimum Gasteiger partial charge on any atom is -0.472 e. The third-order valence-corrected chi connectivity index (χ3v) is 4.49. The summed E-state index contributed by atoms with van der Waals surface area (Å²) in [5.74, 6) is -0.429. The molecule has 0 saturated heterocycles. The Kier molecular flexibility index (Phi) is 6.45. The first-order chi connectivity index (χ1) is 14.1. The number of amides is 2. The van der Waals surface area contributed by atoms with Crippen molar-refractivity contribution < 1.29 is 27.5 Å². The smallest absolute Gasteiger partial charge is 0.417 e. The van der Waals surface area contributed by atoms with Crippen LogP contribution >= 0.6 is 11.6 Å². The fraction of sp³-hybridized carbons (Fsp3) is 0.368. The maximum absolute atomic E-state index is 12.7. The van der Waals surface area contributed by atoms with E-state index in [0.29, 0.717) is 6.20 Å². The van der Waals surface area contributed by atoms with Gasteiger partial charge in [0.25, 0.3) is 5.91 Å². The van der Waals surface area contributed by atoms with E-state index in [1.54, 1.807) is 6.92 Å². The first kappa shape index (κ1) is 21.8. The van der Waals surface area contributed by atoms with Crippen LogP contribution in [0.25, 0.3) is 0 Å². The SMILES string of the molecule is C[C@H](CNC(=O)c1ccnc(NC(=O)C2CC2)c1)Oc1ncc(C(F)(F)F)cc1Cl. The first-order valence-corrected chi connectivity index (χ1v) is 9.46. The highest BCUT2D eigenvalue weighted by Gasteiger charge is 2.32. The minimum absolute atomic E-state index is 0.00733.